The van der Waals surface area contributed by atoms with Crippen LogP contribution in [0.25, 0.3) is 0 Å². The Balaban J connectivity index is 1.32. The summed E-state index contributed by atoms with van der Waals surface area (Å²) < 4.78 is 26.4. The predicted octanol–water partition coefficient (Wildman–Crippen LogP) is 5.51. The highest BCUT2D eigenvalue weighted by Crippen LogP contribution is 2.27. The normalized spacial score (nSPS) is 14.9. The molecule has 150 valence electrons. The van der Waals surface area contributed by atoms with Crippen LogP contribution in [-0.4, -0.2) is 23.1 Å². The number of halogens is 2. The molecule has 0 bridgehead atoms. The summed E-state index contributed by atoms with van der Waals surface area (Å²) in [6.07, 6.45) is 5.20. The highest BCUT2D eigenvalue weighted by molar-refractivity contribution is 7.98. The second-order valence-corrected chi connectivity index (χ2v) is 8.30. The number of aromatic nitrogens is 2. The first-order chi connectivity index (χ1) is 14.2. The molecule has 1 aliphatic rings. The van der Waals surface area contributed by atoms with Crippen molar-refractivity contribution in [2.24, 2.45) is 5.92 Å². The van der Waals surface area contributed by atoms with Gasteiger partial charge in [0.15, 0.2) is 16.8 Å². The largest absolute Gasteiger partial charge is 0.356 e. The lowest BCUT2D eigenvalue weighted by molar-refractivity contribution is 0.402. The van der Waals surface area contributed by atoms with Gasteiger partial charge in [0.1, 0.15) is 5.82 Å². The van der Waals surface area contributed by atoms with Crippen LogP contribution in [0.1, 0.15) is 24.0 Å². The Kier molecular flexibility index (Phi) is 6.39. The highest BCUT2D eigenvalue weighted by atomic mass is 32.2. The lowest BCUT2D eigenvalue weighted by Gasteiger charge is -2.33. The van der Waals surface area contributed by atoms with E-state index in [9.17, 15) is 8.78 Å². The van der Waals surface area contributed by atoms with E-state index in [4.69, 9.17) is 0 Å². The van der Waals surface area contributed by atoms with Crippen LogP contribution in [0.3, 0.4) is 0 Å². The molecule has 0 unspecified atom stereocenters. The fraction of sp³-hybridized carbons (Fsp3) is 0.304. The molecular formula is C23H23F2N3S. The number of hydrogen-bond donors (Lipinski definition) is 0. The van der Waals surface area contributed by atoms with Crippen LogP contribution in [0.2, 0.25) is 0 Å². The molecule has 1 aliphatic heterocycles. The Labute approximate surface area is 174 Å². The van der Waals surface area contributed by atoms with Gasteiger partial charge in [-0.1, -0.05) is 48.2 Å². The topological polar surface area (TPSA) is 29.0 Å². The van der Waals surface area contributed by atoms with Crippen LogP contribution in [-0.2, 0) is 12.2 Å². The van der Waals surface area contributed by atoms with Crippen LogP contribution < -0.4 is 4.90 Å². The minimum Gasteiger partial charge on any atom is -0.356 e. The van der Waals surface area contributed by atoms with E-state index in [-0.39, 0.29) is 0 Å². The minimum atomic E-state index is -0.826. The molecule has 3 nitrogen and oxygen atoms in total. The van der Waals surface area contributed by atoms with E-state index in [0.29, 0.717) is 22.4 Å². The SMILES string of the molecule is Fc1ccc(CSc2nccc(N3CCC(Cc4ccccc4)CC3)n2)cc1F. The van der Waals surface area contributed by atoms with Gasteiger partial charge in [-0.2, -0.15) is 0 Å². The number of anilines is 1. The van der Waals surface area contributed by atoms with Gasteiger partial charge in [0.2, 0.25) is 0 Å². The van der Waals surface area contributed by atoms with Gasteiger partial charge in [-0.25, -0.2) is 18.7 Å². The standard InChI is InChI=1S/C23H23F2N3S/c24-20-7-6-19(15-21(20)25)16-29-23-26-11-8-22(27-23)28-12-9-18(10-13-28)14-17-4-2-1-3-5-17/h1-8,11,15,18H,9-10,12-14,16H2. The zero-order valence-corrected chi connectivity index (χ0v) is 16.9. The van der Waals surface area contributed by atoms with Crippen LogP contribution >= 0.6 is 11.8 Å². The second kappa shape index (κ2) is 9.35. The molecule has 0 amide bonds. The molecule has 0 radical (unpaired) electrons. The van der Waals surface area contributed by atoms with E-state index < -0.39 is 11.6 Å². The van der Waals surface area contributed by atoms with E-state index in [1.807, 2.05) is 6.07 Å². The van der Waals surface area contributed by atoms with Crippen molar-refractivity contribution in [3.05, 3.63) is 83.6 Å². The average molecular weight is 412 g/mol. The number of benzene rings is 2. The van der Waals surface area contributed by atoms with Gasteiger partial charge in [0.25, 0.3) is 0 Å². The van der Waals surface area contributed by atoms with Crippen LogP contribution in [0.15, 0.2) is 66.0 Å². The summed E-state index contributed by atoms with van der Waals surface area (Å²) in [6, 6.07) is 16.6. The fourth-order valence-corrected chi connectivity index (χ4v) is 4.44. The first-order valence-corrected chi connectivity index (χ1v) is 10.8. The number of hydrogen-bond acceptors (Lipinski definition) is 4. The molecule has 0 N–H and O–H groups in total. The van der Waals surface area contributed by atoms with E-state index in [1.54, 1.807) is 12.3 Å². The van der Waals surface area contributed by atoms with Crippen molar-refractivity contribution < 1.29 is 8.78 Å². The monoisotopic (exact) mass is 411 g/mol. The minimum absolute atomic E-state index is 0.500. The first-order valence-electron chi connectivity index (χ1n) is 9.86. The van der Waals surface area contributed by atoms with Crippen molar-refractivity contribution in [3.63, 3.8) is 0 Å². The number of piperidine rings is 1. The molecule has 3 aromatic rings. The van der Waals surface area contributed by atoms with Crippen molar-refractivity contribution >= 4 is 17.6 Å². The zero-order chi connectivity index (χ0) is 20.1. The van der Waals surface area contributed by atoms with E-state index >= 15 is 0 Å². The lowest BCUT2D eigenvalue weighted by atomic mass is 9.90. The molecule has 1 saturated heterocycles. The maximum Gasteiger partial charge on any atom is 0.189 e. The van der Waals surface area contributed by atoms with Crippen molar-refractivity contribution in [2.75, 3.05) is 18.0 Å². The van der Waals surface area contributed by atoms with Gasteiger partial charge in [-0.15, -0.1) is 0 Å². The fourth-order valence-electron chi connectivity index (χ4n) is 3.67. The van der Waals surface area contributed by atoms with Gasteiger partial charge < -0.3 is 4.90 Å². The predicted molar refractivity (Wildman–Crippen MR) is 113 cm³/mol. The molecule has 0 atom stereocenters. The Hall–Kier alpha value is -2.47. The maximum absolute atomic E-state index is 13.4. The Morgan fingerprint density at radius 3 is 2.48 bits per heavy atom. The van der Waals surface area contributed by atoms with Crippen molar-refractivity contribution in [2.45, 2.75) is 30.2 Å². The summed E-state index contributed by atoms with van der Waals surface area (Å²) in [6.45, 7) is 1.98. The summed E-state index contributed by atoms with van der Waals surface area (Å²) in [7, 11) is 0. The number of thioether (sulfide) groups is 1. The molecule has 2 aromatic carbocycles. The Morgan fingerprint density at radius 2 is 1.72 bits per heavy atom. The summed E-state index contributed by atoms with van der Waals surface area (Å²) in [5.74, 6) is 0.493. The van der Waals surface area contributed by atoms with E-state index in [0.717, 1.165) is 44.2 Å². The van der Waals surface area contributed by atoms with Gasteiger partial charge in [-0.3, -0.25) is 0 Å². The van der Waals surface area contributed by atoms with Gasteiger partial charge in [-0.05, 0) is 54.5 Å². The molecule has 4 rings (SSSR count). The molecule has 2 heterocycles. The second-order valence-electron chi connectivity index (χ2n) is 7.35. The third-order valence-electron chi connectivity index (χ3n) is 5.28. The number of rotatable bonds is 6. The zero-order valence-electron chi connectivity index (χ0n) is 16.1. The van der Waals surface area contributed by atoms with Crippen LogP contribution in [0.4, 0.5) is 14.6 Å². The van der Waals surface area contributed by atoms with Crippen molar-refractivity contribution in [1.29, 1.82) is 0 Å². The van der Waals surface area contributed by atoms with Gasteiger partial charge in [0.05, 0.1) is 0 Å². The van der Waals surface area contributed by atoms with E-state index in [1.165, 1.54) is 23.4 Å². The van der Waals surface area contributed by atoms with Crippen LogP contribution in [0.5, 0.6) is 0 Å². The molecule has 1 fully saturated rings. The van der Waals surface area contributed by atoms with Crippen LogP contribution in [0, 0.1) is 17.6 Å². The quantitative estimate of drug-likeness (QED) is 0.395. The summed E-state index contributed by atoms with van der Waals surface area (Å²) in [5, 5.41) is 0.652. The van der Waals surface area contributed by atoms with Gasteiger partial charge >= 0.3 is 0 Å². The highest BCUT2D eigenvalue weighted by Gasteiger charge is 2.20. The molecule has 29 heavy (non-hydrogen) atoms. The Morgan fingerprint density at radius 1 is 0.931 bits per heavy atom. The summed E-state index contributed by atoms with van der Waals surface area (Å²) >= 11 is 1.43. The first kappa shape index (κ1) is 19.8. The lowest BCUT2D eigenvalue weighted by Crippen LogP contribution is -2.34. The molecule has 0 saturated carbocycles. The average Bonchev–Trinajstić information content (AvgIpc) is 2.76. The molecule has 1 aromatic heterocycles. The molecule has 0 spiro atoms. The maximum atomic E-state index is 13.4. The Bertz CT molecular complexity index is 944. The van der Waals surface area contributed by atoms with Crippen molar-refractivity contribution in [1.82, 2.24) is 9.97 Å². The number of nitrogens with zero attached hydrogens (tertiary/aromatic N) is 3. The smallest absolute Gasteiger partial charge is 0.189 e. The van der Waals surface area contributed by atoms with Crippen molar-refractivity contribution in [3.8, 4) is 0 Å². The molecule has 0 aliphatic carbocycles. The molecule has 6 heteroatoms. The van der Waals surface area contributed by atoms with Gasteiger partial charge in [0, 0.05) is 25.0 Å². The molecular weight excluding hydrogens is 388 g/mol. The third-order valence-corrected chi connectivity index (χ3v) is 6.21. The van der Waals surface area contributed by atoms with E-state index in [2.05, 4.69) is 45.2 Å². The summed E-state index contributed by atoms with van der Waals surface area (Å²) in [4.78, 5) is 11.3. The summed E-state index contributed by atoms with van der Waals surface area (Å²) in [5.41, 5.74) is 2.12. The third kappa shape index (κ3) is 5.32.